The molecule has 1 saturated heterocycles. The average molecular weight is 345 g/mol. The van der Waals surface area contributed by atoms with Gasteiger partial charge in [0, 0.05) is 10.9 Å². The minimum Gasteiger partial charge on any atom is -0.464 e. The van der Waals surface area contributed by atoms with E-state index in [0.29, 0.717) is 25.5 Å². The van der Waals surface area contributed by atoms with Crippen LogP contribution in [0, 0.1) is 0 Å². The molecule has 0 amide bonds. The molecule has 0 saturated carbocycles. The maximum Gasteiger partial charge on any atom is 0.355 e. The summed E-state index contributed by atoms with van der Waals surface area (Å²) >= 11 is 0. The first-order chi connectivity index (χ1) is 12.1. The second kappa shape index (κ2) is 7.58. The predicted octanol–water partition coefficient (Wildman–Crippen LogP) is 3.53. The molecule has 0 spiro atoms. The third-order valence-corrected chi connectivity index (χ3v) is 5.12. The van der Waals surface area contributed by atoms with Crippen molar-refractivity contribution < 1.29 is 19.0 Å². The molecule has 1 fully saturated rings. The van der Waals surface area contributed by atoms with Gasteiger partial charge in [0.2, 0.25) is 0 Å². The highest BCUT2D eigenvalue weighted by Gasteiger charge is 2.31. The van der Waals surface area contributed by atoms with E-state index in [4.69, 9.17) is 14.2 Å². The smallest absolute Gasteiger partial charge is 0.355 e. The van der Waals surface area contributed by atoms with Crippen molar-refractivity contribution >= 4 is 16.9 Å². The zero-order valence-corrected chi connectivity index (χ0v) is 15.5. The Morgan fingerprint density at radius 3 is 2.72 bits per heavy atom. The molecule has 1 aliphatic rings. The van der Waals surface area contributed by atoms with Gasteiger partial charge in [0.05, 0.1) is 33.0 Å². The number of benzene rings is 1. The Labute approximate surface area is 148 Å². The zero-order valence-electron chi connectivity index (χ0n) is 15.5. The van der Waals surface area contributed by atoms with Crippen molar-refractivity contribution in [3.8, 4) is 0 Å². The van der Waals surface area contributed by atoms with Gasteiger partial charge in [-0.2, -0.15) is 0 Å². The summed E-state index contributed by atoms with van der Waals surface area (Å²) in [6.07, 6.45) is 1.62. The number of carbonyl (C=O) groups is 1. The molecule has 1 aromatic heterocycles. The number of fused-ring (bicyclic) bond motifs is 1. The molecule has 0 N–H and O–H groups in total. The summed E-state index contributed by atoms with van der Waals surface area (Å²) in [5.74, 6) is -0.293. The van der Waals surface area contributed by atoms with Gasteiger partial charge in [-0.25, -0.2) is 4.79 Å². The Bertz CT molecular complexity index is 759. The Balaban J connectivity index is 2.26. The van der Waals surface area contributed by atoms with E-state index in [0.717, 1.165) is 23.9 Å². The minimum absolute atomic E-state index is 0.0238. The fourth-order valence-corrected chi connectivity index (χ4v) is 3.85. The van der Waals surface area contributed by atoms with Crippen LogP contribution in [0.2, 0.25) is 0 Å². The van der Waals surface area contributed by atoms with E-state index in [9.17, 15) is 4.79 Å². The van der Waals surface area contributed by atoms with Crippen LogP contribution in [0.3, 0.4) is 0 Å². The van der Waals surface area contributed by atoms with Gasteiger partial charge in [0.1, 0.15) is 11.8 Å². The number of rotatable bonds is 5. The third kappa shape index (κ3) is 3.07. The lowest BCUT2D eigenvalue weighted by Gasteiger charge is -2.30. The molecule has 5 nitrogen and oxygen atoms in total. The maximum absolute atomic E-state index is 12.7. The molecule has 2 heterocycles. The number of methoxy groups -OCH3 is 1. The molecular formula is C20H27NO4. The molecule has 0 aliphatic carbocycles. The monoisotopic (exact) mass is 345 g/mol. The van der Waals surface area contributed by atoms with Crippen LogP contribution in [0.1, 0.15) is 48.4 Å². The SMILES string of the molecule is CCc1cccc2c1c(CC)c(C(=O)OC)n2C(C)C1COCCO1. The van der Waals surface area contributed by atoms with Gasteiger partial charge in [0.15, 0.2) is 0 Å². The van der Waals surface area contributed by atoms with Gasteiger partial charge in [0.25, 0.3) is 0 Å². The molecule has 5 heteroatoms. The van der Waals surface area contributed by atoms with E-state index in [1.54, 1.807) is 0 Å². The number of ether oxygens (including phenoxy) is 3. The van der Waals surface area contributed by atoms with Crippen LogP contribution >= 0.6 is 0 Å². The Hall–Kier alpha value is -1.85. The van der Waals surface area contributed by atoms with Crippen molar-refractivity contribution in [3.05, 3.63) is 35.0 Å². The highest BCUT2D eigenvalue weighted by Crippen LogP contribution is 2.35. The van der Waals surface area contributed by atoms with Crippen LogP contribution in [0.4, 0.5) is 0 Å². The van der Waals surface area contributed by atoms with E-state index < -0.39 is 0 Å². The fraction of sp³-hybridized carbons (Fsp3) is 0.550. The number of esters is 1. The lowest BCUT2D eigenvalue weighted by molar-refractivity contribution is -0.104. The first-order valence-corrected chi connectivity index (χ1v) is 9.06. The normalized spacial score (nSPS) is 19.1. The van der Waals surface area contributed by atoms with Crippen molar-refractivity contribution in [2.75, 3.05) is 26.9 Å². The third-order valence-electron chi connectivity index (χ3n) is 5.12. The summed E-state index contributed by atoms with van der Waals surface area (Å²) in [5, 5.41) is 1.18. The van der Waals surface area contributed by atoms with Gasteiger partial charge >= 0.3 is 5.97 Å². The van der Waals surface area contributed by atoms with Crippen LogP contribution in [0.5, 0.6) is 0 Å². The van der Waals surface area contributed by atoms with E-state index in [-0.39, 0.29) is 18.1 Å². The highest BCUT2D eigenvalue weighted by molar-refractivity contribution is 6.00. The Kier molecular flexibility index (Phi) is 5.45. The molecule has 1 aromatic carbocycles. The van der Waals surface area contributed by atoms with Crippen molar-refractivity contribution in [1.29, 1.82) is 0 Å². The first kappa shape index (κ1) is 18.0. The first-order valence-electron chi connectivity index (χ1n) is 9.06. The minimum atomic E-state index is -0.293. The fourth-order valence-electron chi connectivity index (χ4n) is 3.85. The predicted molar refractivity (Wildman–Crippen MR) is 97.3 cm³/mol. The lowest BCUT2D eigenvalue weighted by Crippen LogP contribution is -2.36. The number of hydrogen-bond acceptors (Lipinski definition) is 4. The molecule has 0 bridgehead atoms. The molecule has 1 aliphatic heterocycles. The van der Waals surface area contributed by atoms with Crippen LogP contribution in [0.15, 0.2) is 18.2 Å². The van der Waals surface area contributed by atoms with Crippen LogP contribution in [0.25, 0.3) is 10.9 Å². The molecule has 2 unspecified atom stereocenters. The van der Waals surface area contributed by atoms with Gasteiger partial charge in [-0.05, 0) is 37.0 Å². The summed E-state index contributed by atoms with van der Waals surface area (Å²) < 4.78 is 18.7. The summed E-state index contributed by atoms with van der Waals surface area (Å²) in [4.78, 5) is 12.7. The topological polar surface area (TPSA) is 49.7 Å². The summed E-state index contributed by atoms with van der Waals surface area (Å²) in [5.41, 5.74) is 4.02. The quantitative estimate of drug-likeness (QED) is 0.778. The van der Waals surface area contributed by atoms with Crippen molar-refractivity contribution in [2.24, 2.45) is 0 Å². The van der Waals surface area contributed by atoms with E-state index in [1.165, 1.54) is 18.1 Å². The zero-order chi connectivity index (χ0) is 18.0. The van der Waals surface area contributed by atoms with Crippen LogP contribution in [-0.2, 0) is 27.1 Å². The molecule has 0 radical (unpaired) electrons. The standard InChI is InChI=1S/C20H27NO4/c1-5-14-8-7-9-16-18(14)15(6-2)19(20(22)23-4)21(16)13(3)17-12-24-10-11-25-17/h7-9,13,17H,5-6,10-12H2,1-4H3. The van der Waals surface area contributed by atoms with E-state index >= 15 is 0 Å². The van der Waals surface area contributed by atoms with Crippen LogP contribution in [-0.4, -0.2) is 43.6 Å². The van der Waals surface area contributed by atoms with E-state index in [2.05, 4.69) is 43.5 Å². The number of aromatic nitrogens is 1. The summed E-state index contributed by atoms with van der Waals surface area (Å²) in [6.45, 7) is 8.07. The van der Waals surface area contributed by atoms with Crippen molar-refractivity contribution in [3.63, 3.8) is 0 Å². The second-order valence-corrected chi connectivity index (χ2v) is 6.43. The van der Waals surface area contributed by atoms with Gasteiger partial charge in [-0.1, -0.05) is 26.0 Å². The van der Waals surface area contributed by atoms with Gasteiger partial charge in [-0.3, -0.25) is 0 Å². The van der Waals surface area contributed by atoms with Crippen molar-refractivity contribution in [2.45, 2.75) is 45.8 Å². The van der Waals surface area contributed by atoms with Gasteiger partial charge < -0.3 is 18.8 Å². The average Bonchev–Trinajstić information content (AvgIpc) is 3.01. The number of hydrogen-bond donors (Lipinski definition) is 0. The Morgan fingerprint density at radius 2 is 2.12 bits per heavy atom. The molecule has 3 rings (SSSR count). The Morgan fingerprint density at radius 1 is 1.32 bits per heavy atom. The largest absolute Gasteiger partial charge is 0.464 e. The lowest BCUT2D eigenvalue weighted by atomic mass is 10.0. The van der Waals surface area contributed by atoms with E-state index in [1.807, 2.05) is 0 Å². The van der Waals surface area contributed by atoms with Crippen LogP contribution < -0.4 is 0 Å². The molecule has 25 heavy (non-hydrogen) atoms. The molecule has 2 aromatic rings. The number of nitrogens with zero attached hydrogens (tertiary/aromatic N) is 1. The summed E-state index contributed by atoms with van der Waals surface area (Å²) in [7, 11) is 1.44. The van der Waals surface area contributed by atoms with Gasteiger partial charge in [-0.15, -0.1) is 0 Å². The molecule has 2 atom stereocenters. The number of carbonyl (C=O) groups excluding carboxylic acids is 1. The van der Waals surface area contributed by atoms with Crippen molar-refractivity contribution in [1.82, 2.24) is 4.57 Å². The molecular weight excluding hydrogens is 318 g/mol. The molecule has 136 valence electrons. The number of aryl methyl sites for hydroxylation is 2. The second-order valence-electron chi connectivity index (χ2n) is 6.43. The highest BCUT2D eigenvalue weighted by atomic mass is 16.6. The maximum atomic E-state index is 12.7. The summed E-state index contributed by atoms with van der Waals surface area (Å²) in [6, 6.07) is 6.26.